The average Bonchev–Trinajstić information content (AvgIpc) is 2.65. The summed E-state index contributed by atoms with van der Waals surface area (Å²) in [6, 6.07) is 5.39. The molecule has 0 unspecified atom stereocenters. The molecule has 1 aromatic heterocycles. The van der Waals surface area contributed by atoms with Gasteiger partial charge in [0.25, 0.3) is 0 Å². The Morgan fingerprint density at radius 1 is 1.40 bits per heavy atom. The third-order valence-electron chi connectivity index (χ3n) is 2.06. The molecule has 1 heterocycles. The largest absolute Gasteiger partial charge is 0.496 e. The number of nitrogens with two attached hydrogens (primary N) is 1. The molecule has 1 aromatic carbocycles. The number of methoxy groups -OCH3 is 1. The minimum Gasteiger partial charge on any atom is -0.496 e. The van der Waals surface area contributed by atoms with E-state index < -0.39 is 0 Å². The monoisotopic (exact) mass is 204 g/mol. The van der Waals surface area contributed by atoms with Crippen molar-refractivity contribution < 1.29 is 4.74 Å². The van der Waals surface area contributed by atoms with Gasteiger partial charge in [0.2, 0.25) is 0 Å². The van der Waals surface area contributed by atoms with Gasteiger partial charge in [-0.15, -0.1) is 0 Å². The minimum atomic E-state index is 0.613. The highest BCUT2D eigenvalue weighted by Gasteiger charge is 2.09. The highest BCUT2D eigenvalue weighted by atomic mass is 16.5. The topological polar surface area (TPSA) is 66.0 Å². The molecule has 0 fully saturated rings. The van der Waals surface area contributed by atoms with Gasteiger partial charge in [0.15, 0.2) is 5.82 Å². The predicted octanol–water partition coefficient (Wildman–Crippen LogP) is 1.07. The van der Waals surface area contributed by atoms with Crippen molar-refractivity contribution >= 4 is 5.69 Å². The van der Waals surface area contributed by atoms with E-state index >= 15 is 0 Å². The molecule has 2 aromatic rings. The number of benzene rings is 1. The van der Waals surface area contributed by atoms with Gasteiger partial charge in [-0.3, -0.25) is 4.68 Å². The van der Waals surface area contributed by atoms with Crippen LogP contribution < -0.4 is 10.5 Å². The minimum absolute atomic E-state index is 0.613. The summed E-state index contributed by atoms with van der Waals surface area (Å²) in [4.78, 5) is 4.15. The first-order chi connectivity index (χ1) is 7.20. The van der Waals surface area contributed by atoms with Crippen LogP contribution in [0, 0.1) is 0 Å². The van der Waals surface area contributed by atoms with Crippen LogP contribution in [0.1, 0.15) is 0 Å². The van der Waals surface area contributed by atoms with Crippen molar-refractivity contribution in [1.82, 2.24) is 14.8 Å². The van der Waals surface area contributed by atoms with Gasteiger partial charge in [0.1, 0.15) is 12.1 Å². The quantitative estimate of drug-likeness (QED) is 0.743. The molecule has 2 rings (SSSR count). The molecule has 0 bridgehead atoms. The molecule has 0 aliphatic rings. The number of hydrogen-bond donors (Lipinski definition) is 1. The first-order valence-corrected chi connectivity index (χ1v) is 4.50. The van der Waals surface area contributed by atoms with Crippen LogP contribution in [0.15, 0.2) is 24.5 Å². The molecule has 5 nitrogen and oxygen atoms in total. The van der Waals surface area contributed by atoms with Crippen molar-refractivity contribution in [3.8, 4) is 17.1 Å². The van der Waals surface area contributed by atoms with Crippen LogP contribution in [0.25, 0.3) is 11.4 Å². The third-order valence-corrected chi connectivity index (χ3v) is 2.06. The molecule has 2 N–H and O–H groups in total. The molecular weight excluding hydrogens is 192 g/mol. The van der Waals surface area contributed by atoms with Gasteiger partial charge in [-0.2, -0.15) is 5.10 Å². The van der Waals surface area contributed by atoms with Crippen LogP contribution in [-0.4, -0.2) is 21.9 Å². The smallest absolute Gasteiger partial charge is 0.184 e. The molecule has 5 heteroatoms. The van der Waals surface area contributed by atoms with Crippen molar-refractivity contribution in [3.05, 3.63) is 24.5 Å². The highest BCUT2D eigenvalue weighted by molar-refractivity contribution is 5.68. The van der Waals surface area contributed by atoms with E-state index in [0.717, 1.165) is 11.3 Å². The summed E-state index contributed by atoms with van der Waals surface area (Å²) < 4.78 is 6.86. The van der Waals surface area contributed by atoms with Crippen LogP contribution in [0.2, 0.25) is 0 Å². The van der Waals surface area contributed by atoms with E-state index in [-0.39, 0.29) is 0 Å². The summed E-state index contributed by atoms with van der Waals surface area (Å²) >= 11 is 0. The highest BCUT2D eigenvalue weighted by Crippen LogP contribution is 2.28. The molecule has 0 amide bonds. The maximum atomic E-state index is 5.71. The molecule has 0 radical (unpaired) electrons. The van der Waals surface area contributed by atoms with Crippen molar-refractivity contribution in [2.45, 2.75) is 0 Å². The van der Waals surface area contributed by atoms with Crippen LogP contribution in [0.3, 0.4) is 0 Å². The first kappa shape index (κ1) is 9.51. The predicted molar refractivity (Wildman–Crippen MR) is 57.4 cm³/mol. The normalized spacial score (nSPS) is 10.3. The summed E-state index contributed by atoms with van der Waals surface area (Å²) in [5, 5.41) is 4.20. The summed E-state index contributed by atoms with van der Waals surface area (Å²) in [5.41, 5.74) is 7.18. The van der Waals surface area contributed by atoms with Gasteiger partial charge in [0.05, 0.1) is 12.7 Å². The number of nitrogen functional groups attached to an aromatic ring is 1. The lowest BCUT2D eigenvalue weighted by molar-refractivity contribution is 0.416. The SMILES string of the molecule is COc1ccc(N)cc1-c1ncn(C)n1. The second-order valence-electron chi connectivity index (χ2n) is 3.20. The average molecular weight is 204 g/mol. The van der Waals surface area contributed by atoms with E-state index in [9.17, 15) is 0 Å². The molecule has 0 aliphatic carbocycles. The Bertz CT molecular complexity index is 478. The summed E-state index contributed by atoms with van der Waals surface area (Å²) in [6.45, 7) is 0. The molecule has 15 heavy (non-hydrogen) atoms. The van der Waals surface area contributed by atoms with Gasteiger partial charge >= 0.3 is 0 Å². The number of anilines is 1. The molecule has 78 valence electrons. The number of rotatable bonds is 2. The summed E-state index contributed by atoms with van der Waals surface area (Å²) in [5.74, 6) is 1.33. The van der Waals surface area contributed by atoms with E-state index in [0.29, 0.717) is 11.5 Å². The van der Waals surface area contributed by atoms with Crippen molar-refractivity contribution in [3.63, 3.8) is 0 Å². The Labute approximate surface area is 87.5 Å². The van der Waals surface area contributed by atoms with Crippen molar-refractivity contribution in [1.29, 1.82) is 0 Å². The second-order valence-corrected chi connectivity index (χ2v) is 3.20. The lowest BCUT2D eigenvalue weighted by Crippen LogP contribution is -1.93. The van der Waals surface area contributed by atoms with Gasteiger partial charge in [-0.05, 0) is 18.2 Å². The summed E-state index contributed by atoms with van der Waals surface area (Å²) in [7, 11) is 3.42. The molecule has 0 spiro atoms. The number of aromatic nitrogens is 3. The second kappa shape index (κ2) is 3.61. The number of nitrogens with zero attached hydrogens (tertiary/aromatic N) is 3. The van der Waals surface area contributed by atoms with Crippen molar-refractivity contribution in [2.75, 3.05) is 12.8 Å². The molecular formula is C10H12N4O. The van der Waals surface area contributed by atoms with Crippen LogP contribution in [0.5, 0.6) is 5.75 Å². The Balaban J connectivity index is 2.55. The zero-order valence-corrected chi connectivity index (χ0v) is 8.64. The maximum absolute atomic E-state index is 5.71. The molecule has 0 atom stereocenters. The van der Waals surface area contributed by atoms with Gasteiger partial charge in [-0.1, -0.05) is 0 Å². The molecule has 0 aliphatic heterocycles. The number of hydrogen-bond acceptors (Lipinski definition) is 4. The fourth-order valence-electron chi connectivity index (χ4n) is 1.36. The van der Waals surface area contributed by atoms with E-state index in [1.807, 2.05) is 7.05 Å². The number of ether oxygens (including phenoxy) is 1. The Hall–Kier alpha value is -2.04. The van der Waals surface area contributed by atoms with Crippen LogP contribution in [0.4, 0.5) is 5.69 Å². The standard InChI is InChI=1S/C10H12N4O/c1-14-6-12-10(13-14)8-5-7(11)3-4-9(8)15-2/h3-6H,11H2,1-2H3. The Morgan fingerprint density at radius 3 is 2.80 bits per heavy atom. The van der Waals surface area contributed by atoms with Crippen LogP contribution in [-0.2, 0) is 7.05 Å². The van der Waals surface area contributed by atoms with Gasteiger partial charge in [0, 0.05) is 12.7 Å². The summed E-state index contributed by atoms with van der Waals surface area (Å²) in [6.07, 6.45) is 1.64. The zero-order valence-electron chi connectivity index (χ0n) is 8.64. The van der Waals surface area contributed by atoms with E-state index in [2.05, 4.69) is 10.1 Å². The maximum Gasteiger partial charge on any atom is 0.184 e. The fraction of sp³-hybridized carbons (Fsp3) is 0.200. The van der Waals surface area contributed by atoms with Gasteiger partial charge in [-0.25, -0.2) is 4.98 Å². The lowest BCUT2D eigenvalue weighted by atomic mass is 10.1. The lowest BCUT2D eigenvalue weighted by Gasteiger charge is -2.05. The number of aryl methyl sites for hydroxylation is 1. The molecule has 0 saturated carbocycles. The van der Waals surface area contributed by atoms with Crippen LogP contribution >= 0.6 is 0 Å². The van der Waals surface area contributed by atoms with Crippen molar-refractivity contribution in [2.24, 2.45) is 7.05 Å². The van der Waals surface area contributed by atoms with E-state index in [1.165, 1.54) is 0 Å². The third kappa shape index (κ3) is 1.76. The zero-order chi connectivity index (χ0) is 10.8. The van der Waals surface area contributed by atoms with E-state index in [4.69, 9.17) is 10.5 Å². The Morgan fingerprint density at radius 2 is 2.20 bits per heavy atom. The molecule has 0 saturated heterocycles. The van der Waals surface area contributed by atoms with E-state index in [1.54, 1.807) is 36.3 Å². The Kier molecular flexibility index (Phi) is 2.29. The van der Waals surface area contributed by atoms with Gasteiger partial charge < -0.3 is 10.5 Å². The fourth-order valence-corrected chi connectivity index (χ4v) is 1.36. The first-order valence-electron chi connectivity index (χ1n) is 4.50.